The molecule has 1 aromatic carbocycles. The van der Waals surface area contributed by atoms with Gasteiger partial charge in [0.1, 0.15) is 0 Å². The van der Waals surface area contributed by atoms with Crippen molar-refractivity contribution in [3.63, 3.8) is 0 Å². The predicted octanol–water partition coefficient (Wildman–Crippen LogP) is 0.613. The number of nitrogens with zero attached hydrogens (tertiary/aromatic N) is 6. The molecule has 0 radical (unpaired) electrons. The Morgan fingerprint density at radius 3 is 2.83 bits per heavy atom. The van der Waals surface area contributed by atoms with Crippen molar-refractivity contribution in [3.8, 4) is 5.82 Å². The van der Waals surface area contributed by atoms with Gasteiger partial charge in [-0.1, -0.05) is 29.5 Å². The number of benzene rings is 1. The fraction of sp³-hybridized carbons (Fsp3) is 0.143. The van der Waals surface area contributed by atoms with Gasteiger partial charge in [-0.05, 0) is 35.3 Å². The first-order valence-corrected chi connectivity index (χ1v) is 6.97. The molecule has 122 valence electrons. The zero-order valence-corrected chi connectivity index (χ0v) is 13.0. The lowest BCUT2D eigenvalue weighted by Crippen LogP contribution is -2.22. The molecule has 0 aliphatic heterocycles. The lowest BCUT2D eigenvalue weighted by molar-refractivity contribution is 0.0946. The highest BCUT2D eigenvalue weighted by molar-refractivity contribution is 5.95. The van der Waals surface area contributed by atoms with Crippen molar-refractivity contribution in [2.24, 2.45) is 5.10 Å². The third-order valence-electron chi connectivity index (χ3n) is 3.31. The zero-order valence-electron chi connectivity index (χ0n) is 13.0. The normalized spacial score (nSPS) is 11.1. The lowest BCUT2D eigenvalue weighted by atomic mass is 10.1. The smallest absolute Gasteiger partial charge is 0.292 e. The first-order chi connectivity index (χ1) is 11.6. The Labute approximate surface area is 136 Å². The maximum absolute atomic E-state index is 12.4. The van der Waals surface area contributed by atoms with E-state index >= 15 is 0 Å². The van der Waals surface area contributed by atoms with E-state index in [0.29, 0.717) is 5.69 Å². The maximum Gasteiger partial charge on any atom is 0.292 e. The number of amides is 1. The molecule has 0 aliphatic carbocycles. The van der Waals surface area contributed by atoms with Crippen molar-refractivity contribution in [1.29, 1.82) is 0 Å². The van der Waals surface area contributed by atoms with E-state index in [-0.39, 0.29) is 17.3 Å². The number of rotatable bonds is 4. The second-order valence-electron chi connectivity index (χ2n) is 4.96. The van der Waals surface area contributed by atoms with Gasteiger partial charge in [0, 0.05) is 0 Å². The third kappa shape index (κ3) is 2.84. The van der Waals surface area contributed by atoms with Crippen molar-refractivity contribution in [1.82, 2.24) is 30.7 Å². The number of nitrogen functional groups attached to an aromatic ring is 1. The lowest BCUT2D eigenvalue weighted by Gasteiger charge is -2.03. The highest BCUT2D eigenvalue weighted by Crippen LogP contribution is 2.14. The summed E-state index contributed by atoms with van der Waals surface area (Å²) < 4.78 is 5.67. The summed E-state index contributed by atoms with van der Waals surface area (Å²) in [5, 5.41) is 18.7. The van der Waals surface area contributed by atoms with E-state index in [0.717, 1.165) is 15.8 Å². The number of hydrogen-bond acceptors (Lipinski definition) is 8. The summed E-state index contributed by atoms with van der Waals surface area (Å²) in [7, 11) is 0. The van der Waals surface area contributed by atoms with Gasteiger partial charge in [0.15, 0.2) is 5.69 Å². The Morgan fingerprint density at radius 1 is 1.33 bits per heavy atom. The minimum absolute atomic E-state index is 0.00244. The van der Waals surface area contributed by atoms with Crippen molar-refractivity contribution in [2.75, 3.05) is 5.73 Å². The molecule has 0 bridgehead atoms. The van der Waals surface area contributed by atoms with E-state index in [2.05, 4.69) is 35.8 Å². The minimum atomic E-state index is -0.510. The van der Waals surface area contributed by atoms with Crippen molar-refractivity contribution in [3.05, 3.63) is 46.8 Å². The molecule has 10 nitrogen and oxygen atoms in total. The molecule has 0 fully saturated rings. The van der Waals surface area contributed by atoms with Gasteiger partial charge in [-0.15, -0.1) is 5.10 Å². The van der Waals surface area contributed by atoms with Crippen LogP contribution in [-0.4, -0.2) is 37.4 Å². The van der Waals surface area contributed by atoms with Gasteiger partial charge >= 0.3 is 0 Å². The van der Waals surface area contributed by atoms with Gasteiger partial charge < -0.3 is 5.73 Å². The van der Waals surface area contributed by atoms with E-state index in [4.69, 9.17) is 5.73 Å². The molecule has 2 aromatic heterocycles. The molecule has 0 saturated heterocycles. The average molecular weight is 326 g/mol. The molecule has 0 spiro atoms. The zero-order chi connectivity index (χ0) is 17.1. The monoisotopic (exact) mass is 326 g/mol. The summed E-state index contributed by atoms with van der Waals surface area (Å²) >= 11 is 0. The number of carbonyl (C=O) groups is 1. The summed E-state index contributed by atoms with van der Waals surface area (Å²) in [5.41, 5.74) is 10.5. The minimum Gasteiger partial charge on any atom is -0.378 e. The molecule has 0 unspecified atom stereocenters. The molecular formula is C14H14N8O2. The molecule has 3 N–H and O–H groups in total. The average Bonchev–Trinajstić information content (AvgIpc) is 3.14. The van der Waals surface area contributed by atoms with Crippen LogP contribution in [0.5, 0.6) is 0 Å². The van der Waals surface area contributed by atoms with Crippen LogP contribution in [0, 0.1) is 13.8 Å². The van der Waals surface area contributed by atoms with E-state index in [1.807, 2.05) is 31.2 Å². The largest absolute Gasteiger partial charge is 0.378 e. The Balaban J connectivity index is 1.83. The predicted molar refractivity (Wildman–Crippen MR) is 84.6 cm³/mol. The summed E-state index contributed by atoms with van der Waals surface area (Å²) in [5.74, 6) is -0.425. The second-order valence-corrected chi connectivity index (χ2v) is 4.96. The fourth-order valence-corrected chi connectivity index (χ4v) is 2.05. The number of nitrogens with one attached hydrogen (secondary N) is 1. The number of aromatic nitrogens is 5. The Morgan fingerprint density at radius 2 is 2.12 bits per heavy atom. The highest BCUT2D eigenvalue weighted by atomic mass is 16.6. The highest BCUT2D eigenvalue weighted by Gasteiger charge is 2.22. The molecule has 0 saturated carbocycles. The number of carbonyl (C=O) groups excluding carboxylic acids is 1. The van der Waals surface area contributed by atoms with Crippen LogP contribution in [0.1, 0.15) is 27.3 Å². The van der Waals surface area contributed by atoms with Gasteiger partial charge in [-0.2, -0.15) is 9.78 Å². The first-order valence-electron chi connectivity index (χ1n) is 6.97. The number of nitrogens with two attached hydrogens (primary N) is 1. The quantitative estimate of drug-likeness (QED) is 0.529. The number of anilines is 1. The van der Waals surface area contributed by atoms with Gasteiger partial charge in [0.2, 0.25) is 11.6 Å². The molecule has 0 aliphatic rings. The van der Waals surface area contributed by atoms with Crippen LogP contribution in [-0.2, 0) is 0 Å². The van der Waals surface area contributed by atoms with Crippen LogP contribution in [0.3, 0.4) is 0 Å². The van der Waals surface area contributed by atoms with E-state index in [1.165, 1.54) is 0 Å². The standard InChI is InChI=1S/C14H14N8O2/c1-8-5-3-4-6-10(8)7-16-18-14(23)11-9(2)17-21-22(11)13-12(15)19-24-20-13/h3-7H,1-2H3,(H2,15,19)(H,18,23). The second kappa shape index (κ2) is 6.28. The van der Waals surface area contributed by atoms with Crippen molar-refractivity contribution in [2.45, 2.75) is 13.8 Å². The van der Waals surface area contributed by atoms with Crippen molar-refractivity contribution < 1.29 is 9.42 Å². The SMILES string of the molecule is Cc1ccccc1C=NNC(=O)c1c(C)nnn1-c1nonc1N. The molecule has 1 amide bonds. The van der Waals surface area contributed by atoms with Gasteiger partial charge in [0.05, 0.1) is 11.9 Å². The third-order valence-corrected chi connectivity index (χ3v) is 3.31. The van der Waals surface area contributed by atoms with E-state index < -0.39 is 5.91 Å². The molecule has 0 atom stereocenters. The van der Waals surface area contributed by atoms with Gasteiger partial charge in [0.25, 0.3) is 5.91 Å². The summed E-state index contributed by atoms with van der Waals surface area (Å²) in [6, 6.07) is 7.66. The van der Waals surface area contributed by atoms with Crippen LogP contribution >= 0.6 is 0 Å². The molecule has 2 heterocycles. The summed E-state index contributed by atoms with van der Waals surface area (Å²) in [6.45, 7) is 3.58. The topological polar surface area (TPSA) is 137 Å². The van der Waals surface area contributed by atoms with Crippen LogP contribution in [0.25, 0.3) is 5.82 Å². The Kier molecular flexibility index (Phi) is 4.01. The van der Waals surface area contributed by atoms with E-state index in [1.54, 1.807) is 13.1 Å². The van der Waals surface area contributed by atoms with Crippen LogP contribution in [0.4, 0.5) is 5.82 Å². The Hall–Kier alpha value is -3.56. The van der Waals surface area contributed by atoms with Crippen LogP contribution < -0.4 is 11.2 Å². The number of hydrogen-bond donors (Lipinski definition) is 2. The number of aryl methyl sites for hydroxylation is 2. The first kappa shape index (κ1) is 15.3. The van der Waals surface area contributed by atoms with Crippen molar-refractivity contribution >= 4 is 17.9 Å². The van der Waals surface area contributed by atoms with Gasteiger partial charge in [-0.25, -0.2) is 10.1 Å². The maximum atomic E-state index is 12.4. The molecule has 24 heavy (non-hydrogen) atoms. The molecule has 3 rings (SSSR count). The van der Waals surface area contributed by atoms with Crippen LogP contribution in [0.2, 0.25) is 0 Å². The van der Waals surface area contributed by atoms with Gasteiger partial charge in [-0.3, -0.25) is 4.79 Å². The molecule has 3 aromatic rings. The summed E-state index contributed by atoms with van der Waals surface area (Å²) in [4.78, 5) is 12.4. The molecular weight excluding hydrogens is 312 g/mol. The fourth-order valence-electron chi connectivity index (χ4n) is 2.05. The summed E-state index contributed by atoms with van der Waals surface area (Å²) in [6.07, 6.45) is 1.56. The van der Waals surface area contributed by atoms with Crippen LogP contribution in [0.15, 0.2) is 34.0 Å². The van der Waals surface area contributed by atoms with E-state index in [9.17, 15) is 4.79 Å². The number of hydrazone groups is 1. The Bertz CT molecular complexity index is 911. The molecule has 10 heteroatoms.